The van der Waals surface area contributed by atoms with Gasteiger partial charge in [-0.3, -0.25) is 9.59 Å². The maximum atomic E-state index is 12.6. The van der Waals surface area contributed by atoms with E-state index < -0.39 is 5.97 Å². The molecular formula is C17H20N2O3S. The zero-order valence-corrected chi connectivity index (χ0v) is 13.7. The molecule has 3 N–H and O–H groups in total. The molecule has 6 heteroatoms. The average Bonchev–Trinajstić information content (AvgIpc) is 3.07. The molecule has 0 fully saturated rings. The number of carboxylic acid groups (broad SMARTS) is 1. The predicted octanol–water partition coefficient (Wildman–Crippen LogP) is 3.52. The third-order valence-corrected chi connectivity index (χ3v) is 4.36. The maximum absolute atomic E-state index is 12.6. The van der Waals surface area contributed by atoms with Gasteiger partial charge in [-0.25, -0.2) is 0 Å². The van der Waals surface area contributed by atoms with Gasteiger partial charge in [0.25, 0.3) is 5.91 Å². The summed E-state index contributed by atoms with van der Waals surface area (Å²) in [5.74, 6) is -1.17. The Morgan fingerprint density at radius 1 is 1.22 bits per heavy atom. The lowest BCUT2D eigenvalue weighted by atomic mass is 10.1. The van der Waals surface area contributed by atoms with Crippen LogP contribution in [0.3, 0.4) is 0 Å². The first-order valence-corrected chi connectivity index (χ1v) is 8.38. The fourth-order valence-electron chi connectivity index (χ4n) is 2.31. The number of carbonyl (C=O) groups is 2. The molecule has 0 aliphatic heterocycles. The van der Waals surface area contributed by atoms with Crippen LogP contribution in [0.2, 0.25) is 0 Å². The lowest BCUT2D eigenvalue weighted by molar-refractivity contribution is -0.134. The van der Waals surface area contributed by atoms with Crippen LogP contribution in [0.1, 0.15) is 41.0 Å². The monoisotopic (exact) mass is 332 g/mol. The zero-order chi connectivity index (χ0) is 16.7. The molecule has 0 aliphatic rings. The van der Waals surface area contributed by atoms with Crippen LogP contribution in [0.4, 0.5) is 5.69 Å². The summed E-state index contributed by atoms with van der Waals surface area (Å²) in [6.45, 7) is 1.85. The van der Waals surface area contributed by atoms with Crippen LogP contribution in [0.5, 0.6) is 0 Å². The van der Waals surface area contributed by atoms with Gasteiger partial charge in [-0.2, -0.15) is 0 Å². The first-order valence-electron chi connectivity index (χ1n) is 7.50. The Morgan fingerprint density at radius 3 is 2.65 bits per heavy atom. The number of thiophene rings is 1. The number of aliphatic carboxylic acids is 1. The Labute approximate surface area is 139 Å². The van der Waals surface area contributed by atoms with E-state index in [-0.39, 0.29) is 18.5 Å². The molecule has 1 aromatic carbocycles. The van der Waals surface area contributed by atoms with Gasteiger partial charge in [-0.05, 0) is 30.0 Å². The van der Waals surface area contributed by atoms with Gasteiger partial charge in [0.1, 0.15) is 6.54 Å². The fraction of sp³-hybridized carbons (Fsp3) is 0.294. The highest BCUT2D eigenvalue weighted by Crippen LogP contribution is 2.24. The van der Waals surface area contributed by atoms with Crippen LogP contribution in [0.15, 0.2) is 41.8 Å². The lowest BCUT2D eigenvalue weighted by Crippen LogP contribution is -2.29. The first-order chi connectivity index (χ1) is 11.1. The molecule has 1 atom stereocenters. The SMILES string of the molecule is CCCC(NC(=O)c1ccccc1NCC(=O)O)c1cccs1. The highest BCUT2D eigenvalue weighted by molar-refractivity contribution is 7.10. The molecule has 0 aliphatic carbocycles. The quantitative estimate of drug-likeness (QED) is 0.691. The summed E-state index contributed by atoms with van der Waals surface area (Å²) in [7, 11) is 0. The van der Waals surface area contributed by atoms with Gasteiger partial charge in [0, 0.05) is 10.6 Å². The van der Waals surface area contributed by atoms with E-state index in [1.807, 2.05) is 17.5 Å². The van der Waals surface area contributed by atoms with Gasteiger partial charge >= 0.3 is 5.97 Å². The molecule has 0 radical (unpaired) electrons. The predicted molar refractivity (Wildman–Crippen MR) is 92.0 cm³/mol. The van der Waals surface area contributed by atoms with Crippen LogP contribution in [-0.2, 0) is 4.79 Å². The van der Waals surface area contributed by atoms with E-state index in [9.17, 15) is 9.59 Å². The van der Waals surface area contributed by atoms with Crippen LogP contribution < -0.4 is 10.6 Å². The van der Waals surface area contributed by atoms with E-state index in [4.69, 9.17) is 5.11 Å². The van der Waals surface area contributed by atoms with Crippen molar-refractivity contribution >= 4 is 28.9 Å². The van der Waals surface area contributed by atoms with Crippen molar-refractivity contribution in [3.8, 4) is 0 Å². The second-order valence-corrected chi connectivity index (χ2v) is 6.10. The largest absolute Gasteiger partial charge is 0.480 e. The van der Waals surface area contributed by atoms with Gasteiger partial charge in [-0.15, -0.1) is 11.3 Å². The number of benzene rings is 1. The van der Waals surface area contributed by atoms with E-state index in [1.165, 1.54) is 0 Å². The van der Waals surface area contributed by atoms with Crippen LogP contribution in [0, 0.1) is 0 Å². The van der Waals surface area contributed by atoms with Crippen molar-refractivity contribution in [3.05, 3.63) is 52.2 Å². The van der Waals surface area contributed by atoms with E-state index in [1.54, 1.807) is 35.6 Å². The van der Waals surface area contributed by atoms with Crippen molar-refractivity contribution < 1.29 is 14.7 Å². The number of hydrogen-bond acceptors (Lipinski definition) is 4. The Hall–Kier alpha value is -2.34. The summed E-state index contributed by atoms with van der Waals surface area (Å²) < 4.78 is 0. The van der Waals surface area contributed by atoms with E-state index in [0.29, 0.717) is 11.3 Å². The molecule has 0 bridgehead atoms. The van der Waals surface area contributed by atoms with Crippen LogP contribution in [0.25, 0.3) is 0 Å². The number of carbonyl (C=O) groups excluding carboxylic acids is 1. The third kappa shape index (κ3) is 4.82. The standard InChI is InChI=1S/C17H20N2O3S/c1-2-6-14(15-9-5-10-23-15)19-17(22)12-7-3-4-8-13(12)18-11-16(20)21/h3-5,7-10,14,18H,2,6,11H2,1H3,(H,19,22)(H,20,21). The summed E-state index contributed by atoms with van der Waals surface area (Å²) in [5.41, 5.74) is 0.972. The lowest BCUT2D eigenvalue weighted by Gasteiger charge is -2.18. The van der Waals surface area contributed by atoms with Gasteiger partial charge < -0.3 is 15.7 Å². The van der Waals surface area contributed by atoms with Gasteiger partial charge in [-0.1, -0.05) is 31.5 Å². The van der Waals surface area contributed by atoms with Crippen molar-refractivity contribution in [2.75, 3.05) is 11.9 Å². The van der Waals surface area contributed by atoms with Crippen molar-refractivity contribution in [1.82, 2.24) is 5.32 Å². The number of para-hydroxylation sites is 1. The fourth-order valence-corrected chi connectivity index (χ4v) is 3.12. The van der Waals surface area contributed by atoms with E-state index >= 15 is 0 Å². The Balaban J connectivity index is 2.14. The van der Waals surface area contributed by atoms with E-state index in [2.05, 4.69) is 17.6 Å². The molecule has 0 saturated heterocycles. The molecular weight excluding hydrogens is 312 g/mol. The summed E-state index contributed by atoms with van der Waals surface area (Å²) >= 11 is 1.62. The number of anilines is 1. The van der Waals surface area contributed by atoms with Crippen molar-refractivity contribution in [2.45, 2.75) is 25.8 Å². The summed E-state index contributed by atoms with van der Waals surface area (Å²) in [6.07, 6.45) is 1.82. The molecule has 1 heterocycles. The van der Waals surface area contributed by atoms with Crippen LogP contribution in [-0.4, -0.2) is 23.5 Å². The van der Waals surface area contributed by atoms with Gasteiger partial charge in [0.05, 0.1) is 11.6 Å². The molecule has 0 spiro atoms. The summed E-state index contributed by atoms with van der Waals surface area (Å²) in [5, 5.41) is 16.6. The maximum Gasteiger partial charge on any atom is 0.322 e. The molecule has 23 heavy (non-hydrogen) atoms. The average molecular weight is 332 g/mol. The Kier molecular flexibility index (Phi) is 6.17. The molecule has 1 aromatic heterocycles. The molecule has 1 amide bonds. The Bertz CT molecular complexity index is 656. The number of hydrogen-bond donors (Lipinski definition) is 3. The minimum absolute atomic E-state index is 0.0278. The third-order valence-electron chi connectivity index (χ3n) is 3.37. The number of amides is 1. The minimum atomic E-state index is -0.970. The van der Waals surface area contributed by atoms with Crippen molar-refractivity contribution in [1.29, 1.82) is 0 Å². The highest BCUT2D eigenvalue weighted by atomic mass is 32.1. The number of nitrogens with one attached hydrogen (secondary N) is 2. The summed E-state index contributed by atoms with van der Waals surface area (Å²) in [6, 6.07) is 10.9. The second kappa shape index (κ2) is 8.33. The molecule has 2 aromatic rings. The van der Waals surface area contributed by atoms with Crippen molar-refractivity contribution in [2.24, 2.45) is 0 Å². The molecule has 0 saturated carbocycles. The van der Waals surface area contributed by atoms with Crippen LogP contribution >= 0.6 is 11.3 Å². The van der Waals surface area contributed by atoms with Gasteiger partial charge in [0.2, 0.25) is 0 Å². The van der Waals surface area contributed by atoms with E-state index in [0.717, 1.165) is 17.7 Å². The number of carboxylic acids is 1. The Morgan fingerprint density at radius 2 is 2.00 bits per heavy atom. The smallest absolute Gasteiger partial charge is 0.322 e. The highest BCUT2D eigenvalue weighted by Gasteiger charge is 2.18. The van der Waals surface area contributed by atoms with Gasteiger partial charge in [0.15, 0.2) is 0 Å². The zero-order valence-electron chi connectivity index (χ0n) is 12.9. The minimum Gasteiger partial charge on any atom is -0.480 e. The topological polar surface area (TPSA) is 78.4 Å². The molecule has 5 nitrogen and oxygen atoms in total. The number of rotatable bonds is 8. The normalized spacial score (nSPS) is 11.7. The molecule has 2 rings (SSSR count). The second-order valence-electron chi connectivity index (χ2n) is 5.12. The first kappa shape index (κ1) is 17.0. The van der Waals surface area contributed by atoms with Crippen molar-refractivity contribution in [3.63, 3.8) is 0 Å². The molecule has 122 valence electrons. The summed E-state index contributed by atoms with van der Waals surface area (Å²) in [4.78, 5) is 24.4. The molecule has 1 unspecified atom stereocenters.